The number of allylic oxidation sites excluding steroid dienone is 8. The highest BCUT2D eigenvalue weighted by atomic mass is 16.5. The summed E-state index contributed by atoms with van der Waals surface area (Å²) in [5, 5.41) is 0. The van der Waals surface area contributed by atoms with Crippen LogP contribution in [0.15, 0.2) is 73.3 Å². The average molecular weight is 202 g/mol. The Morgan fingerprint density at radius 2 is 1.73 bits per heavy atom. The zero-order valence-corrected chi connectivity index (χ0v) is 9.44. The summed E-state index contributed by atoms with van der Waals surface area (Å²) in [4.78, 5) is 0. The highest BCUT2D eigenvalue weighted by molar-refractivity contribution is 5.24. The zero-order chi connectivity index (χ0) is 11.5. The van der Waals surface area contributed by atoms with Gasteiger partial charge < -0.3 is 4.74 Å². The molecule has 1 heteroatoms. The van der Waals surface area contributed by atoms with E-state index >= 15 is 0 Å². The molecule has 0 rings (SSSR count). The molecule has 0 fully saturated rings. The molecule has 1 nitrogen and oxygen atoms in total. The minimum atomic E-state index is 0.733. The van der Waals surface area contributed by atoms with Crippen molar-refractivity contribution in [3.8, 4) is 0 Å². The molecular formula is C14H18O. The van der Waals surface area contributed by atoms with Crippen LogP contribution in [0.1, 0.15) is 13.8 Å². The molecule has 0 bridgehead atoms. The van der Waals surface area contributed by atoms with Crippen LogP contribution < -0.4 is 0 Å². The number of hydrogen-bond donors (Lipinski definition) is 0. The summed E-state index contributed by atoms with van der Waals surface area (Å²) in [5.74, 6) is 1.54. The molecule has 0 heterocycles. The SMILES string of the molecule is C=C/C=C\C(=C/C=C)OC(/C=C\C)=C/C. The first kappa shape index (κ1) is 13.2. The fourth-order valence-electron chi connectivity index (χ4n) is 0.892. The van der Waals surface area contributed by atoms with E-state index < -0.39 is 0 Å². The number of ether oxygens (including phenoxy) is 1. The third-order valence-corrected chi connectivity index (χ3v) is 1.53. The highest BCUT2D eigenvalue weighted by Crippen LogP contribution is 2.09. The predicted molar refractivity (Wildman–Crippen MR) is 67.3 cm³/mol. The molecule has 0 aromatic rings. The molecule has 0 spiro atoms. The molecule has 0 amide bonds. The predicted octanol–water partition coefficient (Wildman–Crippen LogP) is 4.30. The van der Waals surface area contributed by atoms with Gasteiger partial charge >= 0.3 is 0 Å². The maximum absolute atomic E-state index is 5.61. The van der Waals surface area contributed by atoms with Gasteiger partial charge in [0, 0.05) is 0 Å². The standard InChI is InChI=1S/C14H18O/c1-5-9-12-14(11-7-3)15-13(8-4)10-6-2/h5-12H,1,3H2,2,4H3/b10-6-,12-9-,13-8+,14-11+. The lowest BCUT2D eigenvalue weighted by Crippen LogP contribution is -1.87. The van der Waals surface area contributed by atoms with Crippen molar-refractivity contribution in [2.45, 2.75) is 13.8 Å². The lowest BCUT2D eigenvalue weighted by molar-refractivity contribution is 0.335. The smallest absolute Gasteiger partial charge is 0.127 e. The molecule has 0 atom stereocenters. The molecule has 0 aromatic heterocycles. The minimum Gasteiger partial charge on any atom is -0.458 e. The second kappa shape index (κ2) is 8.82. The van der Waals surface area contributed by atoms with E-state index in [1.165, 1.54) is 0 Å². The lowest BCUT2D eigenvalue weighted by atomic mass is 10.3. The molecule has 80 valence electrons. The molecule has 0 aliphatic carbocycles. The third kappa shape index (κ3) is 6.33. The summed E-state index contributed by atoms with van der Waals surface area (Å²) in [6, 6.07) is 0. The van der Waals surface area contributed by atoms with Gasteiger partial charge in [-0.15, -0.1) is 0 Å². The Morgan fingerprint density at radius 1 is 1.00 bits per heavy atom. The fourth-order valence-corrected chi connectivity index (χ4v) is 0.892. The molecular weight excluding hydrogens is 184 g/mol. The molecule has 0 N–H and O–H groups in total. The van der Waals surface area contributed by atoms with Crippen molar-refractivity contribution in [3.05, 3.63) is 73.3 Å². The molecule has 0 aliphatic rings. The second-order valence-corrected chi connectivity index (χ2v) is 2.69. The quantitative estimate of drug-likeness (QED) is 0.461. The van der Waals surface area contributed by atoms with Gasteiger partial charge in [-0.1, -0.05) is 37.5 Å². The van der Waals surface area contributed by atoms with Crippen LogP contribution in [0.3, 0.4) is 0 Å². The first-order valence-corrected chi connectivity index (χ1v) is 4.87. The fraction of sp³-hybridized carbons (Fsp3) is 0.143. The molecule has 0 aliphatic heterocycles. The van der Waals surface area contributed by atoms with Crippen LogP contribution in [0.2, 0.25) is 0 Å². The number of rotatable bonds is 6. The van der Waals surface area contributed by atoms with Crippen LogP contribution >= 0.6 is 0 Å². The maximum Gasteiger partial charge on any atom is 0.127 e. The molecule has 0 radical (unpaired) electrons. The first-order chi connectivity index (χ1) is 7.28. The Bertz CT molecular complexity index is 314. The van der Waals surface area contributed by atoms with Crippen LogP contribution in [0.5, 0.6) is 0 Å². The summed E-state index contributed by atoms with van der Waals surface area (Å²) in [6.45, 7) is 11.1. The van der Waals surface area contributed by atoms with Crippen LogP contribution in [0.4, 0.5) is 0 Å². The van der Waals surface area contributed by atoms with E-state index in [4.69, 9.17) is 4.74 Å². The summed E-state index contributed by atoms with van der Waals surface area (Å²) in [5.41, 5.74) is 0. The lowest BCUT2D eigenvalue weighted by Gasteiger charge is -2.05. The zero-order valence-electron chi connectivity index (χ0n) is 9.44. The van der Waals surface area contributed by atoms with Gasteiger partial charge in [0.1, 0.15) is 11.5 Å². The van der Waals surface area contributed by atoms with Crippen LogP contribution in [-0.2, 0) is 4.74 Å². The van der Waals surface area contributed by atoms with Gasteiger partial charge in [0.05, 0.1) is 0 Å². The van der Waals surface area contributed by atoms with Crippen LogP contribution in [-0.4, -0.2) is 0 Å². The molecule has 15 heavy (non-hydrogen) atoms. The summed E-state index contributed by atoms with van der Waals surface area (Å²) < 4.78 is 5.61. The Balaban J connectivity index is 4.67. The van der Waals surface area contributed by atoms with E-state index in [1.54, 1.807) is 18.2 Å². The van der Waals surface area contributed by atoms with Gasteiger partial charge in [-0.2, -0.15) is 0 Å². The highest BCUT2D eigenvalue weighted by Gasteiger charge is 1.94. The van der Waals surface area contributed by atoms with Gasteiger partial charge in [-0.05, 0) is 38.2 Å². The summed E-state index contributed by atoms with van der Waals surface area (Å²) in [7, 11) is 0. The average Bonchev–Trinajstić information content (AvgIpc) is 2.25. The Labute approximate surface area is 92.5 Å². The largest absolute Gasteiger partial charge is 0.458 e. The third-order valence-electron chi connectivity index (χ3n) is 1.53. The van der Waals surface area contributed by atoms with E-state index in [1.807, 2.05) is 44.2 Å². The summed E-state index contributed by atoms with van der Waals surface area (Å²) in [6.07, 6.45) is 14.6. The van der Waals surface area contributed by atoms with Gasteiger partial charge in [0.25, 0.3) is 0 Å². The van der Waals surface area contributed by atoms with E-state index in [9.17, 15) is 0 Å². The van der Waals surface area contributed by atoms with Crippen molar-refractivity contribution in [2.75, 3.05) is 0 Å². The van der Waals surface area contributed by atoms with Gasteiger partial charge in [0.15, 0.2) is 0 Å². The van der Waals surface area contributed by atoms with Gasteiger partial charge in [-0.3, -0.25) is 0 Å². The second-order valence-electron chi connectivity index (χ2n) is 2.69. The van der Waals surface area contributed by atoms with Crippen molar-refractivity contribution in [2.24, 2.45) is 0 Å². The van der Waals surface area contributed by atoms with Crippen molar-refractivity contribution >= 4 is 0 Å². The minimum absolute atomic E-state index is 0.733. The van der Waals surface area contributed by atoms with Crippen LogP contribution in [0.25, 0.3) is 0 Å². The Morgan fingerprint density at radius 3 is 2.20 bits per heavy atom. The Kier molecular flexibility index (Phi) is 7.79. The Hall–Kier alpha value is -1.76. The van der Waals surface area contributed by atoms with Crippen LogP contribution in [0, 0.1) is 0 Å². The van der Waals surface area contributed by atoms with E-state index in [0.29, 0.717) is 0 Å². The van der Waals surface area contributed by atoms with Crippen molar-refractivity contribution in [1.29, 1.82) is 0 Å². The van der Waals surface area contributed by atoms with Crippen molar-refractivity contribution < 1.29 is 4.74 Å². The van der Waals surface area contributed by atoms with Gasteiger partial charge in [0.2, 0.25) is 0 Å². The van der Waals surface area contributed by atoms with Crippen molar-refractivity contribution in [1.82, 2.24) is 0 Å². The van der Waals surface area contributed by atoms with E-state index in [2.05, 4.69) is 13.2 Å². The first-order valence-electron chi connectivity index (χ1n) is 4.87. The number of hydrogen-bond acceptors (Lipinski definition) is 1. The van der Waals surface area contributed by atoms with Crippen molar-refractivity contribution in [3.63, 3.8) is 0 Å². The topological polar surface area (TPSA) is 9.23 Å². The van der Waals surface area contributed by atoms with E-state index in [-0.39, 0.29) is 0 Å². The monoisotopic (exact) mass is 202 g/mol. The normalized spacial score (nSPS) is 13.5. The van der Waals surface area contributed by atoms with Gasteiger partial charge in [-0.25, -0.2) is 0 Å². The molecule has 0 saturated heterocycles. The molecule has 0 aromatic carbocycles. The summed E-state index contributed by atoms with van der Waals surface area (Å²) >= 11 is 0. The molecule has 0 saturated carbocycles. The molecule has 0 unspecified atom stereocenters. The maximum atomic E-state index is 5.61. The van der Waals surface area contributed by atoms with E-state index in [0.717, 1.165) is 11.5 Å².